The quantitative estimate of drug-likeness (QED) is 0.0516. The van der Waals surface area contributed by atoms with Crippen molar-refractivity contribution in [1.82, 2.24) is 5.32 Å². The Kier molecular flexibility index (Phi) is 27.9. The third-order valence-corrected chi connectivity index (χ3v) is 26.4. The summed E-state index contributed by atoms with van der Waals surface area (Å²) < 4.78 is 63.7. The Bertz CT molecular complexity index is 1470. The van der Waals surface area contributed by atoms with Gasteiger partial charge in [0.15, 0.2) is 56.2 Å². The summed E-state index contributed by atoms with van der Waals surface area (Å²) in [5.41, 5.74) is -0.726. The van der Waals surface area contributed by atoms with Gasteiger partial charge in [-0.05, 0) is 142 Å². The maximum absolute atomic E-state index is 14.2. The van der Waals surface area contributed by atoms with Gasteiger partial charge in [-0.15, -0.1) is 0 Å². The Morgan fingerprint density at radius 1 is 0.543 bits per heavy atom. The third kappa shape index (κ3) is 27.9. The number of unbranched alkanes of at least 4 members (excludes halogenated alkanes) is 11. The summed E-state index contributed by atoms with van der Waals surface area (Å²) in [6.45, 7) is 57.7. The normalized spacial score (nSPS) is 21.9. The molecule has 0 saturated carbocycles. The monoisotopic (exact) mass is 1100 g/mol. The largest absolute Gasteiger partial charge is 0.444 e. The van der Waals surface area contributed by atoms with Gasteiger partial charge in [-0.2, -0.15) is 0 Å². The molecule has 0 aromatic rings. The van der Waals surface area contributed by atoms with Crippen LogP contribution in [0.5, 0.6) is 0 Å². The summed E-state index contributed by atoms with van der Waals surface area (Å²) in [6.07, 6.45) is 11.8. The van der Waals surface area contributed by atoms with Crippen LogP contribution in [-0.4, -0.2) is 124 Å². The van der Waals surface area contributed by atoms with Crippen LogP contribution in [0.3, 0.4) is 0 Å². The van der Waals surface area contributed by atoms with Gasteiger partial charge in [-0.3, -0.25) is 0 Å². The molecule has 8 atom stereocenters. The standard InChI is InChI=1S/C53H117NO10Si6/c1-27-28-29-30-31-32-33-34-35-36-37-38-39-43(60-69(23,24)52(5,6)7)45(64-70(25,26)53(8,9)10)42(54-50(55)59-51(2,3)4)40-56-49-48(63-68(20,21)22)47(62-67(17,18)19)46(61-66(14,15)16)44(58-49)41-57-65(11,12)13/h42-49H,27-41H2,1-26H3,(H,54,55)/t42-,43+,44+,45-,46-,47-,48+,49-/m0/s1. The molecule has 0 aromatic carbocycles. The molecule has 1 fully saturated rings. The second kappa shape index (κ2) is 28.6. The van der Waals surface area contributed by atoms with Crippen molar-refractivity contribution < 1.29 is 45.6 Å². The van der Waals surface area contributed by atoms with Crippen LogP contribution in [0.25, 0.3) is 0 Å². The molecule has 418 valence electrons. The van der Waals surface area contributed by atoms with Crippen molar-refractivity contribution in [1.29, 1.82) is 0 Å². The minimum atomic E-state index is -2.52. The van der Waals surface area contributed by atoms with E-state index in [1.54, 1.807) is 0 Å². The number of rotatable bonds is 32. The molecule has 0 spiro atoms. The molecule has 1 rings (SSSR count). The molecule has 0 radical (unpaired) electrons. The van der Waals surface area contributed by atoms with Crippen LogP contribution in [-0.2, 0) is 40.8 Å². The van der Waals surface area contributed by atoms with Gasteiger partial charge < -0.3 is 46.1 Å². The van der Waals surface area contributed by atoms with E-state index in [1.165, 1.54) is 64.2 Å². The number of carbonyl (C=O) groups is 1. The maximum Gasteiger partial charge on any atom is 0.408 e. The fourth-order valence-corrected chi connectivity index (χ4v) is 14.6. The number of ether oxygens (including phenoxy) is 3. The first-order valence-corrected chi connectivity index (χ1v) is 47.2. The van der Waals surface area contributed by atoms with E-state index in [2.05, 4.69) is 159 Å². The third-order valence-electron chi connectivity index (χ3n) is 13.5. The molecule has 0 aromatic heterocycles. The zero-order valence-corrected chi connectivity index (χ0v) is 56.8. The zero-order chi connectivity index (χ0) is 54.4. The molecule has 1 aliphatic rings. The molecule has 1 saturated heterocycles. The minimum Gasteiger partial charge on any atom is -0.444 e. The molecule has 1 amide bonds. The minimum absolute atomic E-state index is 0.0574. The predicted octanol–water partition coefficient (Wildman–Crippen LogP) is 16.0. The highest BCUT2D eigenvalue weighted by Gasteiger charge is 2.53. The van der Waals surface area contributed by atoms with Crippen molar-refractivity contribution >= 4 is 56.0 Å². The van der Waals surface area contributed by atoms with Crippen molar-refractivity contribution in [2.24, 2.45) is 0 Å². The van der Waals surface area contributed by atoms with Crippen LogP contribution >= 0.6 is 0 Å². The Hall–Kier alpha value is 0.251. The van der Waals surface area contributed by atoms with Crippen molar-refractivity contribution in [2.45, 2.75) is 322 Å². The van der Waals surface area contributed by atoms with Gasteiger partial charge in [0.1, 0.15) is 30.0 Å². The molecule has 0 bridgehead atoms. The van der Waals surface area contributed by atoms with Crippen LogP contribution in [0.4, 0.5) is 4.79 Å². The number of hydrogen-bond donors (Lipinski definition) is 1. The summed E-state index contributed by atoms with van der Waals surface area (Å²) in [5.74, 6) is 0. The average molecular weight is 1100 g/mol. The van der Waals surface area contributed by atoms with Crippen LogP contribution < -0.4 is 5.32 Å². The first-order valence-electron chi connectivity index (χ1n) is 27.8. The summed E-state index contributed by atoms with van der Waals surface area (Å²) >= 11 is 0. The summed E-state index contributed by atoms with van der Waals surface area (Å²) in [4.78, 5) is 14.2. The van der Waals surface area contributed by atoms with Crippen molar-refractivity contribution in [3.8, 4) is 0 Å². The van der Waals surface area contributed by atoms with Crippen LogP contribution in [0, 0.1) is 0 Å². The van der Waals surface area contributed by atoms with Gasteiger partial charge in [0.25, 0.3) is 0 Å². The van der Waals surface area contributed by atoms with E-state index in [0.717, 1.165) is 19.3 Å². The molecule has 1 aliphatic heterocycles. The topological polar surface area (TPSA) is 112 Å². The summed E-state index contributed by atoms with van der Waals surface area (Å²) in [6, 6.07) is -0.670. The number of hydrogen-bond acceptors (Lipinski definition) is 10. The first kappa shape index (κ1) is 68.3. The van der Waals surface area contributed by atoms with E-state index in [-0.39, 0.29) is 22.8 Å². The number of amides is 1. The average Bonchev–Trinajstić information content (AvgIpc) is 3.13. The molecule has 70 heavy (non-hydrogen) atoms. The van der Waals surface area contributed by atoms with Gasteiger partial charge in [0.2, 0.25) is 0 Å². The van der Waals surface area contributed by atoms with Gasteiger partial charge in [-0.1, -0.05) is 126 Å². The smallest absolute Gasteiger partial charge is 0.408 e. The van der Waals surface area contributed by atoms with Gasteiger partial charge >= 0.3 is 6.09 Å². The Labute approximate surface area is 439 Å². The number of carbonyl (C=O) groups excluding carboxylic acids is 1. The molecule has 17 heteroatoms. The van der Waals surface area contributed by atoms with Crippen molar-refractivity contribution in [3.63, 3.8) is 0 Å². The van der Waals surface area contributed by atoms with Gasteiger partial charge in [0.05, 0.1) is 31.5 Å². The zero-order valence-electron chi connectivity index (χ0n) is 50.8. The van der Waals surface area contributed by atoms with E-state index in [1.807, 2.05) is 20.8 Å². The molecule has 0 unspecified atom stereocenters. The van der Waals surface area contributed by atoms with E-state index in [9.17, 15) is 4.79 Å². The van der Waals surface area contributed by atoms with E-state index >= 15 is 0 Å². The van der Waals surface area contributed by atoms with Crippen LogP contribution in [0.2, 0.25) is 115 Å². The highest BCUT2D eigenvalue weighted by molar-refractivity contribution is 6.75. The molecule has 1 N–H and O–H groups in total. The van der Waals surface area contributed by atoms with Gasteiger partial charge in [-0.25, -0.2) is 4.79 Å². The van der Waals surface area contributed by atoms with E-state index in [0.29, 0.717) is 6.61 Å². The predicted molar refractivity (Wildman–Crippen MR) is 312 cm³/mol. The molecular weight excluding hydrogens is 979 g/mol. The molecule has 0 aliphatic carbocycles. The number of alkyl carbamates (subject to hydrolysis) is 1. The lowest BCUT2D eigenvalue weighted by Crippen LogP contribution is -2.67. The van der Waals surface area contributed by atoms with Gasteiger partial charge in [0, 0.05) is 0 Å². The number of nitrogens with one attached hydrogen (secondary N) is 1. The molecule has 1 heterocycles. The second-order valence-corrected chi connectivity index (χ2v) is 56.0. The highest BCUT2D eigenvalue weighted by atomic mass is 28.4. The van der Waals surface area contributed by atoms with Crippen molar-refractivity contribution in [3.05, 3.63) is 0 Å². The summed E-state index contributed by atoms with van der Waals surface area (Å²) in [7, 11) is -13.5. The second-order valence-electron chi connectivity index (χ2n) is 28.6. The fourth-order valence-electron chi connectivity index (χ4n) is 7.95. The first-order chi connectivity index (χ1) is 31.5. The maximum atomic E-state index is 14.2. The Morgan fingerprint density at radius 3 is 1.37 bits per heavy atom. The Morgan fingerprint density at radius 2 is 0.957 bits per heavy atom. The van der Waals surface area contributed by atoms with Crippen LogP contribution in [0.1, 0.15) is 153 Å². The molecular formula is C53H117NO10Si6. The fraction of sp³-hybridized carbons (Fsp3) is 0.981. The SMILES string of the molecule is CCCCCCCCCCCCCC[C@@H](O[Si](C)(C)C(C)(C)C)[C@@H](O[Si](C)(C)C(C)(C)C)[C@H](CO[C@H]1O[C@H](CO[Si](C)(C)C)[C@H](O[Si](C)(C)C)[C@H](O[Si](C)(C)C)[C@H]1O[Si](C)(C)C)NC(=O)OC(C)(C)C. The van der Waals surface area contributed by atoms with Crippen LogP contribution in [0.15, 0.2) is 0 Å². The lowest BCUT2D eigenvalue weighted by atomic mass is 9.98. The van der Waals surface area contributed by atoms with Crippen molar-refractivity contribution in [2.75, 3.05) is 13.2 Å². The molecule has 11 nitrogen and oxygen atoms in total. The van der Waals surface area contributed by atoms with E-state index < -0.39 is 104 Å². The Balaban J connectivity index is 4.03. The van der Waals surface area contributed by atoms with E-state index in [4.69, 9.17) is 40.8 Å². The summed E-state index contributed by atoms with van der Waals surface area (Å²) in [5, 5.41) is 3.16. The highest BCUT2D eigenvalue weighted by Crippen LogP contribution is 2.42. The lowest BCUT2D eigenvalue weighted by Gasteiger charge is -2.51. The lowest BCUT2D eigenvalue weighted by molar-refractivity contribution is -0.292.